The Morgan fingerprint density at radius 3 is 2.80 bits per heavy atom. The molecule has 20 heavy (non-hydrogen) atoms. The van der Waals surface area contributed by atoms with Crippen molar-refractivity contribution in [3.63, 3.8) is 0 Å². The van der Waals surface area contributed by atoms with Gasteiger partial charge in [0.2, 0.25) is 5.91 Å². The number of carbonyl (C=O) groups is 1. The average Bonchev–Trinajstić information content (AvgIpc) is 2.95. The van der Waals surface area contributed by atoms with Crippen LogP contribution in [0.1, 0.15) is 24.0 Å². The summed E-state index contributed by atoms with van der Waals surface area (Å²) in [6.07, 6.45) is 2.16. The smallest absolute Gasteiger partial charge is 0.426 e. The number of hydrogen-bond acceptors (Lipinski definition) is 4. The predicted octanol–water partition coefficient (Wildman–Crippen LogP) is -0.296. The average molecular weight is 274 g/mol. The summed E-state index contributed by atoms with van der Waals surface area (Å²) in [6, 6.07) is 7.85. The number of benzene rings is 1. The number of likely N-dealkylation sites (tertiary alicyclic amines) is 1. The zero-order valence-corrected chi connectivity index (χ0v) is 11.3. The number of nitrogens with zero attached hydrogens (tertiary/aromatic N) is 1. The molecule has 0 saturated carbocycles. The van der Waals surface area contributed by atoms with Gasteiger partial charge in [0.05, 0.1) is 12.0 Å². The van der Waals surface area contributed by atoms with Crippen LogP contribution in [0.25, 0.3) is 0 Å². The monoisotopic (exact) mass is 274 g/mol. The van der Waals surface area contributed by atoms with Crippen LogP contribution in [0.2, 0.25) is 0 Å². The minimum absolute atomic E-state index is 0.0184. The third-order valence-electron chi connectivity index (χ3n) is 4.31. The Bertz CT molecular complexity index is 509. The van der Waals surface area contributed by atoms with Crippen molar-refractivity contribution in [2.24, 2.45) is 0 Å². The van der Waals surface area contributed by atoms with Crippen LogP contribution in [0.3, 0.4) is 0 Å². The van der Waals surface area contributed by atoms with Gasteiger partial charge >= 0.3 is 7.12 Å². The maximum absolute atomic E-state index is 12.6. The fraction of sp³-hybridized carbons (Fsp3) is 0.500. The summed E-state index contributed by atoms with van der Waals surface area (Å²) >= 11 is 0. The first kappa shape index (κ1) is 13.6. The van der Waals surface area contributed by atoms with E-state index in [0.29, 0.717) is 25.9 Å². The van der Waals surface area contributed by atoms with E-state index in [0.717, 1.165) is 6.42 Å². The molecular weight excluding hydrogens is 255 g/mol. The van der Waals surface area contributed by atoms with Crippen LogP contribution in [0.4, 0.5) is 0 Å². The molecule has 3 N–H and O–H groups in total. The third-order valence-corrected chi connectivity index (χ3v) is 4.31. The number of amides is 1. The van der Waals surface area contributed by atoms with E-state index in [9.17, 15) is 14.8 Å². The molecule has 0 radical (unpaired) electrons. The van der Waals surface area contributed by atoms with Crippen LogP contribution in [0, 0.1) is 0 Å². The molecule has 2 atom stereocenters. The lowest BCUT2D eigenvalue weighted by Gasteiger charge is -2.31. The predicted molar refractivity (Wildman–Crippen MR) is 75.7 cm³/mol. The van der Waals surface area contributed by atoms with Gasteiger partial charge in [0.25, 0.3) is 0 Å². The Labute approximate surface area is 118 Å². The van der Waals surface area contributed by atoms with Crippen molar-refractivity contribution < 1.29 is 14.8 Å². The van der Waals surface area contributed by atoms with Crippen molar-refractivity contribution in [3.05, 3.63) is 35.4 Å². The summed E-state index contributed by atoms with van der Waals surface area (Å²) < 4.78 is 0. The van der Waals surface area contributed by atoms with Gasteiger partial charge < -0.3 is 20.3 Å². The van der Waals surface area contributed by atoms with Crippen LogP contribution in [-0.4, -0.2) is 46.5 Å². The molecule has 1 unspecified atom stereocenters. The summed E-state index contributed by atoms with van der Waals surface area (Å²) in [4.78, 5) is 14.2. The van der Waals surface area contributed by atoms with Gasteiger partial charge in [-0.25, -0.2) is 0 Å². The molecule has 0 spiro atoms. The normalized spacial score (nSPS) is 25.4. The molecule has 1 aromatic carbocycles. The highest BCUT2D eigenvalue weighted by Gasteiger charge is 2.39. The van der Waals surface area contributed by atoms with E-state index in [1.165, 1.54) is 11.1 Å². The lowest BCUT2D eigenvalue weighted by Crippen LogP contribution is -2.54. The molecule has 106 valence electrons. The second-order valence-corrected chi connectivity index (χ2v) is 5.56. The Hall–Kier alpha value is -1.37. The van der Waals surface area contributed by atoms with Crippen molar-refractivity contribution in [3.8, 4) is 0 Å². The molecule has 1 aromatic rings. The van der Waals surface area contributed by atoms with Crippen molar-refractivity contribution in [2.45, 2.75) is 37.8 Å². The van der Waals surface area contributed by atoms with E-state index in [1.807, 2.05) is 12.1 Å². The molecule has 1 saturated heterocycles. The summed E-state index contributed by atoms with van der Waals surface area (Å²) in [6.45, 7) is 1.30. The third kappa shape index (κ3) is 2.46. The highest BCUT2D eigenvalue weighted by molar-refractivity contribution is 6.43. The highest BCUT2D eigenvalue weighted by atomic mass is 16.4. The van der Waals surface area contributed by atoms with E-state index >= 15 is 0 Å². The van der Waals surface area contributed by atoms with Crippen LogP contribution < -0.4 is 5.32 Å². The molecule has 5 nitrogen and oxygen atoms in total. The van der Waals surface area contributed by atoms with Crippen LogP contribution in [0.5, 0.6) is 0 Å². The van der Waals surface area contributed by atoms with Gasteiger partial charge in [-0.1, -0.05) is 24.3 Å². The molecule has 2 aliphatic heterocycles. The van der Waals surface area contributed by atoms with Crippen LogP contribution >= 0.6 is 0 Å². The lowest BCUT2D eigenvalue weighted by atomic mass is 9.77. The Balaban J connectivity index is 1.73. The summed E-state index contributed by atoms with van der Waals surface area (Å²) in [5.41, 5.74) is 2.43. The van der Waals surface area contributed by atoms with E-state index in [-0.39, 0.29) is 11.9 Å². The first-order valence-corrected chi connectivity index (χ1v) is 7.13. The van der Waals surface area contributed by atoms with Gasteiger partial charge in [0.15, 0.2) is 0 Å². The van der Waals surface area contributed by atoms with E-state index in [4.69, 9.17) is 0 Å². The zero-order valence-electron chi connectivity index (χ0n) is 11.3. The number of rotatable bonds is 2. The fourth-order valence-electron chi connectivity index (χ4n) is 3.21. The minimum Gasteiger partial charge on any atom is -0.426 e. The van der Waals surface area contributed by atoms with Gasteiger partial charge in [-0.15, -0.1) is 0 Å². The van der Waals surface area contributed by atoms with Gasteiger partial charge in [-0.2, -0.15) is 0 Å². The first-order valence-electron chi connectivity index (χ1n) is 7.13. The second kappa shape index (κ2) is 5.56. The molecule has 1 amide bonds. The quantitative estimate of drug-likeness (QED) is 0.648. The lowest BCUT2D eigenvalue weighted by molar-refractivity contribution is -0.133. The SMILES string of the molecule is O=C(C1Cc2ccccc2CN1)N1CCC[C@H]1B(O)O. The number of hydrogen-bond donors (Lipinski definition) is 3. The Morgan fingerprint density at radius 2 is 2.05 bits per heavy atom. The van der Waals surface area contributed by atoms with Crippen LogP contribution in [-0.2, 0) is 17.8 Å². The molecule has 1 fully saturated rings. The molecule has 0 aromatic heterocycles. The molecular formula is C14H19BN2O3. The Morgan fingerprint density at radius 1 is 1.30 bits per heavy atom. The highest BCUT2D eigenvalue weighted by Crippen LogP contribution is 2.22. The van der Waals surface area contributed by atoms with Crippen molar-refractivity contribution in [1.82, 2.24) is 10.2 Å². The molecule has 6 heteroatoms. The van der Waals surface area contributed by atoms with Gasteiger partial charge in [-0.05, 0) is 30.4 Å². The number of fused-ring (bicyclic) bond motifs is 1. The summed E-state index contributed by atoms with van der Waals surface area (Å²) in [5.74, 6) is -0.475. The van der Waals surface area contributed by atoms with Crippen molar-refractivity contribution in [2.75, 3.05) is 6.54 Å². The van der Waals surface area contributed by atoms with E-state index < -0.39 is 13.1 Å². The number of nitrogens with one attached hydrogen (secondary N) is 1. The molecule has 0 aliphatic carbocycles. The Kier molecular flexibility index (Phi) is 3.78. The summed E-state index contributed by atoms with van der Waals surface area (Å²) in [7, 11) is -1.45. The molecule has 2 aliphatic rings. The largest absolute Gasteiger partial charge is 0.475 e. The first-order chi connectivity index (χ1) is 9.66. The fourth-order valence-corrected chi connectivity index (χ4v) is 3.21. The van der Waals surface area contributed by atoms with E-state index in [1.54, 1.807) is 4.90 Å². The zero-order chi connectivity index (χ0) is 14.1. The van der Waals surface area contributed by atoms with Gasteiger partial charge in [0.1, 0.15) is 0 Å². The van der Waals surface area contributed by atoms with Crippen molar-refractivity contribution in [1.29, 1.82) is 0 Å². The van der Waals surface area contributed by atoms with Gasteiger partial charge in [-0.3, -0.25) is 4.79 Å². The standard InChI is InChI=1S/C14H19BN2O3/c18-14(17-7-3-6-13(17)15(19)20)12-8-10-4-1-2-5-11(10)9-16-12/h1-2,4-5,12-13,16,19-20H,3,6-9H2/t12?,13-/m0/s1. The van der Waals surface area contributed by atoms with Crippen molar-refractivity contribution >= 4 is 13.0 Å². The number of carbonyl (C=O) groups excluding carboxylic acids is 1. The maximum Gasteiger partial charge on any atom is 0.475 e. The van der Waals surface area contributed by atoms with Gasteiger partial charge in [0, 0.05) is 13.1 Å². The molecule has 0 bridgehead atoms. The van der Waals surface area contributed by atoms with Crippen LogP contribution in [0.15, 0.2) is 24.3 Å². The van der Waals surface area contributed by atoms with E-state index in [2.05, 4.69) is 17.4 Å². The topological polar surface area (TPSA) is 72.8 Å². The minimum atomic E-state index is -1.45. The molecule has 3 rings (SSSR count). The second-order valence-electron chi connectivity index (χ2n) is 5.56. The summed E-state index contributed by atoms with van der Waals surface area (Å²) in [5, 5.41) is 22.0. The molecule has 2 heterocycles. The maximum atomic E-state index is 12.6.